The molecular weight excluding hydrogens is 447 g/mol. The van der Waals surface area contributed by atoms with Crippen LogP contribution in [0.2, 0.25) is 0 Å². The number of carbonyl (C=O) groups is 2. The van der Waals surface area contributed by atoms with Crippen molar-refractivity contribution in [1.29, 1.82) is 5.41 Å². The minimum atomic E-state index is -4.41. The van der Waals surface area contributed by atoms with Crippen molar-refractivity contribution in [2.24, 2.45) is 0 Å². The number of anilines is 1. The smallest absolute Gasteiger partial charge is 0.405 e. The first kappa shape index (κ1) is 25.2. The van der Waals surface area contributed by atoms with Crippen LogP contribution in [0.5, 0.6) is 0 Å². The summed E-state index contributed by atoms with van der Waals surface area (Å²) in [4.78, 5) is 32.2. The second kappa shape index (κ2) is 11.5. The average molecular weight is 469 g/mol. The number of amides is 1. The van der Waals surface area contributed by atoms with Crippen LogP contribution in [0.25, 0.3) is 11.5 Å². The third-order valence-corrected chi connectivity index (χ3v) is 4.00. The molecule has 2 heterocycles. The molecule has 14 heteroatoms. The zero-order valence-corrected chi connectivity index (χ0v) is 17.7. The van der Waals surface area contributed by atoms with Gasteiger partial charge in [0, 0.05) is 32.1 Å². The predicted octanol–water partition coefficient (Wildman–Crippen LogP) is 1.58. The number of hydrogen-bond acceptors (Lipinski definition) is 9. The normalized spacial score (nSPS) is 11.5. The van der Waals surface area contributed by atoms with E-state index >= 15 is 0 Å². The molecule has 2 aromatic rings. The summed E-state index contributed by atoms with van der Waals surface area (Å²) in [5, 5.41) is 15.6. The quantitative estimate of drug-likeness (QED) is 0.167. The molecule has 0 atom stereocenters. The van der Waals surface area contributed by atoms with Crippen molar-refractivity contribution in [3.05, 3.63) is 42.2 Å². The lowest BCUT2D eigenvalue weighted by atomic mass is 10.2. The highest BCUT2D eigenvalue weighted by atomic mass is 19.4. The number of nitrogens with one attached hydrogen (secondary N) is 4. The molecule has 0 saturated carbocycles. The van der Waals surface area contributed by atoms with Crippen molar-refractivity contribution in [3.8, 4) is 11.5 Å². The number of carbonyl (C=O) groups excluding carboxylic acids is 2. The van der Waals surface area contributed by atoms with Crippen molar-refractivity contribution in [3.63, 3.8) is 0 Å². The number of aromatic nitrogens is 2. The standard InChI is InChI=1S/C19H22F3N7O4/c1-24-8-13(16(23)29(2)5-6-32-11-30)27-17(31)14-9-33-18(28-14)12-3-4-25-15(7-12)26-10-19(20,21)22/h3-4,7-9,11,23-24H,5-6,10H2,1-2H3,(H,25,26)(H,27,31)/b13-8+,23-16?. The largest absolute Gasteiger partial charge is 0.466 e. The Morgan fingerprint density at radius 3 is 2.82 bits per heavy atom. The molecule has 0 spiro atoms. The lowest BCUT2D eigenvalue weighted by molar-refractivity contribution is -0.128. The Balaban J connectivity index is 2.09. The van der Waals surface area contributed by atoms with Crippen LogP contribution in [0, 0.1) is 5.41 Å². The van der Waals surface area contributed by atoms with Crippen LogP contribution in [-0.2, 0) is 9.53 Å². The molecule has 2 aromatic heterocycles. The summed E-state index contributed by atoms with van der Waals surface area (Å²) < 4.78 is 47.1. The molecule has 2 rings (SSSR count). The fourth-order valence-corrected chi connectivity index (χ4v) is 2.41. The van der Waals surface area contributed by atoms with E-state index in [2.05, 4.69) is 30.7 Å². The molecule has 0 radical (unpaired) electrons. The number of rotatable bonds is 11. The zero-order valence-electron chi connectivity index (χ0n) is 17.7. The maximum atomic E-state index is 12.6. The summed E-state index contributed by atoms with van der Waals surface area (Å²) in [6.07, 6.45) is -0.666. The number of hydrogen-bond donors (Lipinski definition) is 4. The van der Waals surface area contributed by atoms with E-state index in [9.17, 15) is 22.8 Å². The molecule has 0 aromatic carbocycles. The second-order valence-electron chi connectivity index (χ2n) is 6.47. The van der Waals surface area contributed by atoms with Gasteiger partial charge in [0.2, 0.25) is 5.89 Å². The molecule has 0 aliphatic carbocycles. The number of ether oxygens (including phenoxy) is 1. The Bertz CT molecular complexity index is 1010. The molecule has 0 aliphatic rings. The predicted molar refractivity (Wildman–Crippen MR) is 111 cm³/mol. The molecule has 178 valence electrons. The highest BCUT2D eigenvalue weighted by molar-refractivity contribution is 6.03. The highest BCUT2D eigenvalue weighted by Gasteiger charge is 2.27. The van der Waals surface area contributed by atoms with Gasteiger partial charge in [0.1, 0.15) is 31.1 Å². The number of oxazole rings is 1. The lowest BCUT2D eigenvalue weighted by Gasteiger charge is -2.21. The second-order valence-corrected chi connectivity index (χ2v) is 6.47. The number of alkyl halides is 3. The van der Waals surface area contributed by atoms with Crippen molar-refractivity contribution in [2.75, 3.05) is 39.1 Å². The van der Waals surface area contributed by atoms with Gasteiger partial charge in [-0.05, 0) is 12.1 Å². The molecule has 33 heavy (non-hydrogen) atoms. The van der Waals surface area contributed by atoms with E-state index in [1.54, 1.807) is 14.1 Å². The Labute approximate surface area is 186 Å². The molecule has 0 bridgehead atoms. The number of halogens is 3. The summed E-state index contributed by atoms with van der Waals surface area (Å²) in [6, 6.07) is 2.77. The summed E-state index contributed by atoms with van der Waals surface area (Å²) in [5.74, 6) is -0.790. The van der Waals surface area contributed by atoms with Gasteiger partial charge in [-0.25, -0.2) is 9.97 Å². The highest BCUT2D eigenvalue weighted by Crippen LogP contribution is 2.22. The number of amidine groups is 1. The van der Waals surface area contributed by atoms with E-state index in [1.807, 2.05) is 0 Å². The van der Waals surface area contributed by atoms with Crippen LogP contribution >= 0.6 is 0 Å². The van der Waals surface area contributed by atoms with Gasteiger partial charge in [0.05, 0.1) is 12.2 Å². The molecule has 4 N–H and O–H groups in total. The van der Waals surface area contributed by atoms with Crippen LogP contribution in [-0.4, -0.2) is 73.1 Å². The van der Waals surface area contributed by atoms with Crippen LogP contribution in [0.15, 0.2) is 40.9 Å². The van der Waals surface area contributed by atoms with E-state index in [0.29, 0.717) is 12.0 Å². The topological polar surface area (TPSA) is 145 Å². The Kier molecular flexibility index (Phi) is 8.77. The fraction of sp³-hybridized carbons (Fsp3) is 0.316. The van der Waals surface area contributed by atoms with Gasteiger partial charge >= 0.3 is 6.18 Å². The Morgan fingerprint density at radius 2 is 2.15 bits per heavy atom. The van der Waals surface area contributed by atoms with Gasteiger partial charge in [-0.15, -0.1) is 0 Å². The van der Waals surface area contributed by atoms with E-state index in [-0.39, 0.29) is 42.1 Å². The van der Waals surface area contributed by atoms with Crippen LogP contribution in [0.3, 0.4) is 0 Å². The SMILES string of the molecule is CN/C=C(/NC(=O)c1coc(-c2ccnc(NCC(F)(F)F)c2)n1)C(=N)N(C)CCOC=O. The minimum Gasteiger partial charge on any atom is -0.466 e. The van der Waals surface area contributed by atoms with E-state index < -0.39 is 18.6 Å². The lowest BCUT2D eigenvalue weighted by Crippen LogP contribution is -2.38. The van der Waals surface area contributed by atoms with E-state index in [0.717, 1.165) is 6.26 Å². The van der Waals surface area contributed by atoms with Crippen LogP contribution in [0.1, 0.15) is 10.5 Å². The molecule has 1 amide bonds. The first-order valence-corrected chi connectivity index (χ1v) is 9.41. The maximum Gasteiger partial charge on any atom is 0.405 e. The van der Waals surface area contributed by atoms with E-state index in [1.165, 1.54) is 29.4 Å². The molecule has 0 saturated heterocycles. The molecule has 0 aliphatic heterocycles. The van der Waals surface area contributed by atoms with Gasteiger partial charge in [-0.1, -0.05) is 0 Å². The molecule has 0 fully saturated rings. The van der Waals surface area contributed by atoms with Gasteiger partial charge in [-0.2, -0.15) is 13.2 Å². The van der Waals surface area contributed by atoms with E-state index in [4.69, 9.17) is 9.83 Å². The average Bonchev–Trinajstić information content (AvgIpc) is 3.27. The van der Waals surface area contributed by atoms with Gasteiger partial charge in [0.15, 0.2) is 5.69 Å². The van der Waals surface area contributed by atoms with Crippen molar-refractivity contribution >= 4 is 24.0 Å². The zero-order chi connectivity index (χ0) is 24.4. The maximum absolute atomic E-state index is 12.6. The summed E-state index contributed by atoms with van der Waals surface area (Å²) in [6.45, 7) is -0.689. The monoisotopic (exact) mass is 469 g/mol. The van der Waals surface area contributed by atoms with Crippen molar-refractivity contribution in [2.45, 2.75) is 6.18 Å². The third kappa shape index (κ3) is 7.83. The first-order chi connectivity index (χ1) is 15.6. The summed E-state index contributed by atoms with van der Waals surface area (Å²) >= 11 is 0. The van der Waals surface area contributed by atoms with Crippen LogP contribution in [0.4, 0.5) is 19.0 Å². The van der Waals surface area contributed by atoms with Gasteiger partial charge in [-0.3, -0.25) is 15.0 Å². The molecule has 0 unspecified atom stereocenters. The molecule has 11 nitrogen and oxygen atoms in total. The Morgan fingerprint density at radius 1 is 1.39 bits per heavy atom. The fourth-order valence-electron chi connectivity index (χ4n) is 2.41. The third-order valence-electron chi connectivity index (χ3n) is 4.00. The summed E-state index contributed by atoms with van der Waals surface area (Å²) in [7, 11) is 3.16. The molecular formula is C19H22F3N7O4. The first-order valence-electron chi connectivity index (χ1n) is 9.41. The Hall–Kier alpha value is -4.10. The number of nitrogens with zero attached hydrogens (tertiary/aromatic N) is 3. The van der Waals surface area contributed by atoms with Crippen molar-refractivity contribution < 1.29 is 31.9 Å². The number of likely N-dealkylation sites (N-methyl/N-ethyl adjacent to an activating group) is 1. The number of pyridine rings is 1. The van der Waals surface area contributed by atoms with Crippen LogP contribution < -0.4 is 16.0 Å². The van der Waals surface area contributed by atoms with Crippen molar-refractivity contribution in [1.82, 2.24) is 25.5 Å². The van der Waals surface area contributed by atoms with Gasteiger partial charge in [0.25, 0.3) is 12.4 Å². The summed E-state index contributed by atoms with van der Waals surface area (Å²) in [5.41, 5.74) is 0.305. The van der Waals surface area contributed by atoms with Gasteiger partial charge < -0.3 is 30.0 Å². The minimum absolute atomic E-state index is 0.00467.